The number of H-pyrrole nitrogens is 1. The molecule has 0 fully saturated rings. The molecule has 2 heterocycles. The number of nitrogens with zero attached hydrogens (tertiary/aromatic N) is 3. The lowest BCUT2D eigenvalue weighted by Crippen LogP contribution is -2.09. The molecule has 0 saturated carbocycles. The van der Waals surface area contributed by atoms with E-state index in [2.05, 4.69) is 15.0 Å². The maximum atomic E-state index is 13.3. The summed E-state index contributed by atoms with van der Waals surface area (Å²) in [6.07, 6.45) is 5.93. The van der Waals surface area contributed by atoms with Crippen LogP contribution >= 0.6 is 0 Å². The zero-order chi connectivity index (χ0) is 16.4. The molecule has 0 unspecified atom stereocenters. The summed E-state index contributed by atoms with van der Waals surface area (Å²) in [6.45, 7) is 0. The minimum Gasteiger partial charge on any atom is -0.306 e. The highest BCUT2D eigenvalue weighted by Gasteiger charge is 2.13. The molecular formula is C15H9FN4O3. The smallest absolute Gasteiger partial charge is 0.305 e. The number of hydrogen-bond acceptors (Lipinski definition) is 5. The van der Waals surface area contributed by atoms with E-state index < -0.39 is 16.4 Å². The first kappa shape index (κ1) is 14.5. The van der Waals surface area contributed by atoms with Crippen LogP contribution in [-0.2, 0) is 0 Å². The van der Waals surface area contributed by atoms with E-state index in [1.54, 1.807) is 6.07 Å². The molecule has 23 heavy (non-hydrogen) atoms. The number of nitrogens with one attached hydrogen (secondary N) is 1. The Hall–Kier alpha value is -3.42. The van der Waals surface area contributed by atoms with E-state index in [-0.39, 0.29) is 11.4 Å². The number of nitro benzene ring substituents is 1. The van der Waals surface area contributed by atoms with Crippen LogP contribution in [0.15, 0.2) is 41.5 Å². The third-order valence-electron chi connectivity index (χ3n) is 3.13. The zero-order valence-corrected chi connectivity index (χ0v) is 11.6. The lowest BCUT2D eigenvalue weighted by Gasteiger charge is -1.99. The van der Waals surface area contributed by atoms with Crippen molar-refractivity contribution in [2.75, 3.05) is 0 Å². The Kier molecular flexibility index (Phi) is 3.63. The van der Waals surface area contributed by atoms with Crippen LogP contribution in [0.1, 0.15) is 11.4 Å². The zero-order valence-electron chi connectivity index (χ0n) is 11.6. The quantitative estimate of drug-likeness (QED) is 0.591. The van der Waals surface area contributed by atoms with Gasteiger partial charge in [-0.05, 0) is 23.8 Å². The van der Waals surface area contributed by atoms with Crippen LogP contribution in [0.5, 0.6) is 0 Å². The third kappa shape index (κ3) is 2.95. The first-order valence-electron chi connectivity index (χ1n) is 6.50. The Balaban J connectivity index is 1.99. The lowest BCUT2D eigenvalue weighted by atomic mass is 10.2. The second-order valence-electron chi connectivity index (χ2n) is 4.65. The van der Waals surface area contributed by atoms with Gasteiger partial charge in [-0.3, -0.25) is 19.9 Å². The molecule has 3 aromatic rings. The molecule has 0 radical (unpaired) electrons. The SMILES string of the molecule is O=c1[nH]c(C=Cc2ccc(F)c([N+](=O)[O-])c2)nc2cnccc12. The predicted molar refractivity (Wildman–Crippen MR) is 82.1 cm³/mol. The topological polar surface area (TPSA) is 102 Å². The van der Waals surface area contributed by atoms with E-state index >= 15 is 0 Å². The van der Waals surface area contributed by atoms with Gasteiger partial charge in [0.05, 0.1) is 22.0 Å². The number of nitro groups is 1. The summed E-state index contributed by atoms with van der Waals surface area (Å²) in [5.41, 5.74) is -0.0912. The molecule has 0 spiro atoms. The molecule has 0 bridgehead atoms. The fourth-order valence-corrected chi connectivity index (χ4v) is 2.04. The van der Waals surface area contributed by atoms with E-state index in [1.807, 2.05) is 0 Å². The second kappa shape index (κ2) is 5.76. The first-order valence-corrected chi connectivity index (χ1v) is 6.50. The largest absolute Gasteiger partial charge is 0.306 e. The Morgan fingerprint density at radius 2 is 2.09 bits per heavy atom. The summed E-state index contributed by atoms with van der Waals surface area (Å²) in [7, 11) is 0. The number of benzene rings is 1. The molecular weight excluding hydrogens is 303 g/mol. The normalized spacial score (nSPS) is 11.2. The highest BCUT2D eigenvalue weighted by Crippen LogP contribution is 2.19. The summed E-state index contributed by atoms with van der Waals surface area (Å²) in [4.78, 5) is 32.5. The van der Waals surface area contributed by atoms with Gasteiger partial charge < -0.3 is 4.98 Å². The van der Waals surface area contributed by atoms with E-state index in [4.69, 9.17) is 0 Å². The number of hydrogen-bond donors (Lipinski definition) is 1. The predicted octanol–water partition coefficient (Wildman–Crippen LogP) is 2.54. The third-order valence-corrected chi connectivity index (χ3v) is 3.13. The minimum absolute atomic E-state index is 0.266. The van der Waals surface area contributed by atoms with Crippen LogP contribution in [0.4, 0.5) is 10.1 Å². The Bertz CT molecular complexity index is 997. The van der Waals surface area contributed by atoms with Crippen molar-refractivity contribution < 1.29 is 9.31 Å². The van der Waals surface area contributed by atoms with Crippen molar-refractivity contribution in [2.24, 2.45) is 0 Å². The van der Waals surface area contributed by atoms with Crippen LogP contribution in [0.2, 0.25) is 0 Å². The van der Waals surface area contributed by atoms with Crippen LogP contribution in [-0.4, -0.2) is 19.9 Å². The number of aromatic amines is 1. The van der Waals surface area contributed by atoms with Gasteiger partial charge in [0.15, 0.2) is 0 Å². The highest BCUT2D eigenvalue weighted by atomic mass is 19.1. The summed E-state index contributed by atoms with van der Waals surface area (Å²) in [6, 6.07) is 5.06. The van der Waals surface area contributed by atoms with E-state index in [1.165, 1.54) is 30.6 Å². The molecule has 114 valence electrons. The monoisotopic (exact) mass is 312 g/mol. The Labute approximate surface area is 128 Å². The number of aromatic nitrogens is 3. The molecule has 7 nitrogen and oxygen atoms in total. The Morgan fingerprint density at radius 3 is 2.87 bits per heavy atom. The van der Waals surface area contributed by atoms with E-state index in [9.17, 15) is 19.3 Å². The summed E-state index contributed by atoms with van der Waals surface area (Å²) < 4.78 is 13.3. The van der Waals surface area contributed by atoms with Crippen molar-refractivity contribution in [3.05, 3.63) is 74.3 Å². The fraction of sp³-hybridized carbons (Fsp3) is 0. The van der Waals surface area contributed by atoms with Gasteiger partial charge in [-0.2, -0.15) is 4.39 Å². The molecule has 0 amide bonds. The lowest BCUT2D eigenvalue weighted by molar-refractivity contribution is -0.387. The maximum absolute atomic E-state index is 13.3. The van der Waals surface area contributed by atoms with Gasteiger partial charge in [0.1, 0.15) is 5.82 Å². The Morgan fingerprint density at radius 1 is 1.26 bits per heavy atom. The van der Waals surface area contributed by atoms with Crippen molar-refractivity contribution in [1.82, 2.24) is 15.0 Å². The second-order valence-corrected chi connectivity index (χ2v) is 4.65. The van der Waals surface area contributed by atoms with Gasteiger partial charge in [-0.1, -0.05) is 12.1 Å². The molecule has 8 heteroatoms. The van der Waals surface area contributed by atoms with Gasteiger partial charge in [-0.15, -0.1) is 0 Å². The van der Waals surface area contributed by atoms with Crippen molar-refractivity contribution in [3.63, 3.8) is 0 Å². The molecule has 2 aromatic heterocycles. The van der Waals surface area contributed by atoms with Crippen molar-refractivity contribution in [3.8, 4) is 0 Å². The average Bonchev–Trinajstić information content (AvgIpc) is 2.54. The summed E-state index contributed by atoms with van der Waals surface area (Å²) in [5.74, 6) is -0.641. The molecule has 0 saturated heterocycles. The fourth-order valence-electron chi connectivity index (χ4n) is 2.04. The molecule has 0 aliphatic heterocycles. The molecule has 3 rings (SSSR count). The number of rotatable bonds is 3. The van der Waals surface area contributed by atoms with Gasteiger partial charge in [-0.25, -0.2) is 4.98 Å². The van der Waals surface area contributed by atoms with Crippen LogP contribution in [0, 0.1) is 15.9 Å². The standard InChI is InChI=1S/C15H9FN4O3/c16-11-3-1-9(7-13(11)20(22)23)2-4-14-18-12-8-17-6-5-10(12)15(21)19-14/h1-8H,(H,18,19,21). The van der Waals surface area contributed by atoms with Crippen LogP contribution in [0.25, 0.3) is 23.1 Å². The van der Waals surface area contributed by atoms with Gasteiger partial charge in [0.25, 0.3) is 5.56 Å². The van der Waals surface area contributed by atoms with Crippen molar-refractivity contribution in [1.29, 1.82) is 0 Å². The number of fused-ring (bicyclic) bond motifs is 1. The molecule has 0 aliphatic rings. The maximum Gasteiger partial charge on any atom is 0.305 e. The minimum atomic E-state index is -0.907. The first-order chi connectivity index (χ1) is 11.0. The van der Waals surface area contributed by atoms with Crippen LogP contribution < -0.4 is 5.56 Å². The summed E-state index contributed by atoms with van der Waals surface area (Å²) in [5, 5.41) is 11.1. The van der Waals surface area contributed by atoms with Crippen molar-refractivity contribution >= 4 is 28.7 Å². The highest BCUT2D eigenvalue weighted by molar-refractivity contribution is 5.78. The van der Waals surface area contributed by atoms with Gasteiger partial charge >= 0.3 is 5.69 Å². The molecule has 1 aromatic carbocycles. The van der Waals surface area contributed by atoms with Gasteiger partial charge in [0.2, 0.25) is 5.82 Å². The average molecular weight is 312 g/mol. The number of pyridine rings is 1. The van der Waals surface area contributed by atoms with Gasteiger partial charge in [0, 0.05) is 12.3 Å². The molecule has 1 N–H and O–H groups in total. The number of halogens is 1. The van der Waals surface area contributed by atoms with E-state index in [0.717, 1.165) is 12.1 Å². The van der Waals surface area contributed by atoms with Crippen molar-refractivity contribution in [2.45, 2.75) is 0 Å². The van der Waals surface area contributed by atoms with Crippen LogP contribution in [0.3, 0.4) is 0 Å². The van der Waals surface area contributed by atoms with E-state index in [0.29, 0.717) is 16.5 Å². The molecule has 0 atom stereocenters. The molecule has 0 aliphatic carbocycles. The summed E-state index contributed by atoms with van der Waals surface area (Å²) >= 11 is 0.